The molecule has 0 aliphatic rings. The largest absolute Gasteiger partial charge is 0.494 e. The summed E-state index contributed by atoms with van der Waals surface area (Å²) in [6.45, 7) is 7.14. The van der Waals surface area contributed by atoms with Crippen LogP contribution >= 0.6 is 0 Å². The van der Waals surface area contributed by atoms with Crippen molar-refractivity contribution in [1.29, 1.82) is 0 Å². The second-order valence-electron chi connectivity index (χ2n) is 6.01. The minimum atomic E-state index is -0.0835. The molecule has 0 saturated carbocycles. The van der Waals surface area contributed by atoms with Crippen molar-refractivity contribution in [2.24, 2.45) is 0 Å². The number of anilines is 2. The first kappa shape index (κ1) is 17.9. The zero-order valence-corrected chi connectivity index (χ0v) is 14.7. The number of rotatable bonds is 8. The lowest BCUT2D eigenvalue weighted by atomic mass is 10.1. The molecule has 0 atom stereocenters. The number of amides is 1. The molecular weight excluding hydrogens is 300 g/mol. The Morgan fingerprint density at radius 3 is 2.50 bits per heavy atom. The van der Waals surface area contributed by atoms with Crippen molar-refractivity contribution >= 4 is 17.3 Å². The summed E-state index contributed by atoms with van der Waals surface area (Å²) in [4.78, 5) is 12.1. The van der Waals surface area contributed by atoms with E-state index in [9.17, 15) is 4.79 Å². The van der Waals surface area contributed by atoms with Gasteiger partial charge >= 0.3 is 0 Å². The Morgan fingerprint density at radius 2 is 1.79 bits per heavy atom. The summed E-state index contributed by atoms with van der Waals surface area (Å²) >= 11 is 0. The van der Waals surface area contributed by atoms with Gasteiger partial charge in [0.05, 0.1) is 13.2 Å². The van der Waals surface area contributed by atoms with Crippen LogP contribution in [-0.4, -0.2) is 19.1 Å². The second-order valence-corrected chi connectivity index (χ2v) is 6.01. The number of nitrogens with one attached hydrogen (secondary N) is 2. The number of carbonyl (C=O) groups is 1. The molecule has 128 valence electrons. The van der Waals surface area contributed by atoms with Crippen LogP contribution < -0.4 is 15.4 Å². The molecular formula is C20H26N2O2. The van der Waals surface area contributed by atoms with Crippen LogP contribution in [-0.2, 0) is 4.79 Å². The molecule has 0 heterocycles. The Morgan fingerprint density at radius 1 is 1.04 bits per heavy atom. The Hall–Kier alpha value is -2.49. The third-order valence-corrected chi connectivity index (χ3v) is 3.56. The van der Waals surface area contributed by atoms with E-state index in [0.29, 0.717) is 6.61 Å². The van der Waals surface area contributed by atoms with Crippen molar-refractivity contribution < 1.29 is 9.53 Å². The molecule has 0 spiro atoms. The molecule has 0 bridgehead atoms. The summed E-state index contributed by atoms with van der Waals surface area (Å²) < 4.78 is 5.66. The lowest BCUT2D eigenvalue weighted by molar-refractivity contribution is -0.114. The normalized spacial score (nSPS) is 10.3. The average molecular weight is 326 g/mol. The summed E-state index contributed by atoms with van der Waals surface area (Å²) in [5.74, 6) is 0.698. The van der Waals surface area contributed by atoms with Gasteiger partial charge in [-0.3, -0.25) is 4.79 Å². The number of ether oxygens (including phenoxy) is 1. The van der Waals surface area contributed by atoms with Crippen LogP contribution in [0.3, 0.4) is 0 Å². The highest BCUT2D eigenvalue weighted by molar-refractivity contribution is 5.93. The fourth-order valence-electron chi connectivity index (χ4n) is 2.46. The monoisotopic (exact) mass is 326 g/mol. The molecule has 4 nitrogen and oxygen atoms in total. The van der Waals surface area contributed by atoms with Crippen molar-refractivity contribution in [1.82, 2.24) is 0 Å². The number of unbranched alkanes of at least 4 members (excludes halogenated alkanes) is 1. The number of aryl methyl sites for hydroxylation is 2. The topological polar surface area (TPSA) is 50.4 Å². The summed E-state index contributed by atoms with van der Waals surface area (Å²) in [7, 11) is 0. The summed E-state index contributed by atoms with van der Waals surface area (Å²) in [6.07, 6.45) is 2.12. The van der Waals surface area contributed by atoms with E-state index in [1.807, 2.05) is 50.2 Å². The predicted octanol–water partition coefficient (Wildman–Crippen LogP) is 4.53. The van der Waals surface area contributed by atoms with Gasteiger partial charge in [0, 0.05) is 17.4 Å². The zero-order chi connectivity index (χ0) is 17.4. The van der Waals surface area contributed by atoms with Gasteiger partial charge in [-0.05, 0) is 55.7 Å². The fraction of sp³-hybridized carbons (Fsp3) is 0.350. The fourth-order valence-corrected chi connectivity index (χ4v) is 2.46. The van der Waals surface area contributed by atoms with Gasteiger partial charge in [-0.2, -0.15) is 0 Å². The number of benzene rings is 2. The van der Waals surface area contributed by atoms with Gasteiger partial charge in [-0.25, -0.2) is 0 Å². The van der Waals surface area contributed by atoms with Gasteiger partial charge in [-0.1, -0.05) is 25.5 Å². The molecule has 0 aromatic heterocycles. The van der Waals surface area contributed by atoms with Crippen LogP contribution in [0, 0.1) is 13.8 Å². The van der Waals surface area contributed by atoms with Gasteiger partial charge in [0.25, 0.3) is 0 Å². The molecule has 0 aliphatic heterocycles. The van der Waals surface area contributed by atoms with Crippen molar-refractivity contribution in [3.05, 3.63) is 53.6 Å². The Bertz CT molecular complexity index is 663. The molecule has 0 saturated heterocycles. The van der Waals surface area contributed by atoms with E-state index in [1.165, 1.54) is 11.1 Å². The van der Waals surface area contributed by atoms with Crippen molar-refractivity contribution in [2.75, 3.05) is 23.8 Å². The quantitative estimate of drug-likeness (QED) is 0.701. The SMILES string of the molecule is CCCCOc1cccc(NC(=O)CNc2cc(C)cc(C)c2)c1. The molecule has 0 radical (unpaired) electrons. The van der Waals surface area contributed by atoms with E-state index >= 15 is 0 Å². The predicted molar refractivity (Wildman–Crippen MR) is 99.9 cm³/mol. The van der Waals surface area contributed by atoms with Crippen LogP contribution in [0.1, 0.15) is 30.9 Å². The lowest BCUT2D eigenvalue weighted by Gasteiger charge is -2.11. The van der Waals surface area contributed by atoms with Gasteiger partial charge < -0.3 is 15.4 Å². The number of hydrogen-bond donors (Lipinski definition) is 2. The summed E-state index contributed by atoms with van der Waals surface area (Å²) in [5.41, 5.74) is 4.06. The average Bonchev–Trinajstić information content (AvgIpc) is 2.53. The molecule has 2 aromatic rings. The molecule has 2 N–H and O–H groups in total. The van der Waals surface area contributed by atoms with Crippen LogP contribution in [0.2, 0.25) is 0 Å². The van der Waals surface area contributed by atoms with Crippen molar-refractivity contribution in [3.63, 3.8) is 0 Å². The van der Waals surface area contributed by atoms with E-state index in [1.54, 1.807) is 0 Å². The third kappa shape index (κ3) is 5.95. The van der Waals surface area contributed by atoms with E-state index in [0.717, 1.165) is 30.0 Å². The van der Waals surface area contributed by atoms with Crippen molar-refractivity contribution in [3.8, 4) is 5.75 Å². The highest BCUT2D eigenvalue weighted by Gasteiger charge is 2.04. The summed E-state index contributed by atoms with van der Waals surface area (Å²) in [6, 6.07) is 13.7. The molecule has 0 unspecified atom stereocenters. The molecule has 2 aromatic carbocycles. The molecule has 2 rings (SSSR count). The highest BCUT2D eigenvalue weighted by atomic mass is 16.5. The van der Waals surface area contributed by atoms with Gasteiger partial charge in [0.2, 0.25) is 5.91 Å². The smallest absolute Gasteiger partial charge is 0.243 e. The molecule has 0 fully saturated rings. The van der Waals surface area contributed by atoms with Gasteiger partial charge in [0.1, 0.15) is 5.75 Å². The lowest BCUT2D eigenvalue weighted by Crippen LogP contribution is -2.21. The van der Waals surface area contributed by atoms with Gasteiger partial charge in [-0.15, -0.1) is 0 Å². The van der Waals surface area contributed by atoms with E-state index in [-0.39, 0.29) is 12.5 Å². The van der Waals surface area contributed by atoms with Crippen molar-refractivity contribution in [2.45, 2.75) is 33.6 Å². The maximum absolute atomic E-state index is 12.1. The highest BCUT2D eigenvalue weighted by Crippen LogP contribution is 2.18. The van der Waals surface area contributed by atoms with Gasteiger partial charge in [0.15, 0.2) is 0 Å². The minimum Gasteiger partial charge on any atom is -0.494 e. The van der Waals surface area contributed by atoms with Crippen LogP contribution in [0.25, 0.3) is 0 Å². The molecule has 4 heteroatoms. The zero-order valence-electron chi connectivity index (χ0n) is 14.7. The first-order chi connectivity index (χ1) is 11.6. The maximum Gasteiger partial charge on any atom is 0.243 e. The van der Waals surface area contributed by atoms with E-state index in [2.05, 4.69) is 23.6 Å². The first-order valence-electron chi connectivity index (χ1n) is 8.41. The molecule has 0 aliphatic carbocycles. The molecule has 24 heavy (non-hydrogen) atoms. The number of hydrogen-bond acceptors (Lipinski definition) is 3. The maximum atomic E-state index is 12.1. The number of carbonyl (C=O) groups excluding carboxylic acids is 1. The third-order valence-electron chi connectivity index (χ3n) is 3.56. The van der Waals surface area contributed by atoms with Crippen LogP contribution in [0.4, 0.5) is 11.4 Å². The van der Waals surface area contributed by atoms with Crippen LogP contribution in [0.5, 0.6) is 5.75 Å². The Balaban J connectivity index is 1.86. The Labute approximate surface area is 144 Å². The standard InChI is InChI=1S/C20H26N2O2/c1-4-5-9-24-19-8-6-7-17(13-19)22-20(23)14-21-18-11-15(2)10-16(3)12-18/h6-8,10-13,21H,4-5,9,14H2,1-3H3,(H,22,23). The van der Waals surface area contributed by atoms with Crippen LogP contribution in [0.15, 0.2) is 42.5 Å². The Kier molecular flexibility index (Phi) is 6.67. The summed E-state index contributed by atoms with van der Waals surface area (Å²) in [5, 5.41) is 6.05. The minimum absolute atomic E-state index is 0.0835. The first-order valence-corrected chi connectivity index (χ1v) is 8.41. The second kappa shape index (κ2) is 8.96. The van der Waals surface area contributed by atoms with E-state index < -0.39 is 0 Å². The molecule has 1 amide bonds. The van der Waals surface area contributed by atoms with E-state index in [4.69, 9.17) is 4.74 Å².